The van der Waals surface area contributed by atoms with Crippen LogP contribution in [0.1, 0.15) is 37.2 Å². The van der Waals surface area contributed by atoms with Crippen LogP contribution < -0.4 is 10.6 Å². The molecule has 0 saturated carbocycles. The minimum atomic E-state index is -0.930. The topological polar surface area (TPSA) is 98.7 Å². The van der Waals surface area contributed by atoms with Gasteiger partial charge in [0, 0.05) is 0 Å². The largest absolute Gasteiger partial charge is 0.386 e. The molecule has 26 heavy (non-hydrogen) atoms. The monoisotopic (exact) mass is 356 g/mol. The SMILES string of the molecule is C[C@H](NC(=O)C(=O)N[C@@H](C)[C@H](O)c1ccccc1)[C@H](O)c1ccccc1. The summed E-state index contributed by atoms with van der Waals surface area (Å²) in [6.45, 7) is 3.23. The fourth-order valence-electron chi connectivity index (χ4n) is 2.58. The van der Waals surface area contributed by atoms with Crippen molar-refractivity contribution in [1.29, 1.82) is 0 Å². The van der Waals surface area contributed by atoms with Crippen molar-refractivity contribution in [2.45, 2.75) is 38.1 Å². The molecule has 0 unspecified atom stereocenters. The highest BCUT2D eigenvalue weighted by atomic mass is 16.3. The van der Waals surface area contributed by atoms with E-state index in [2.05, 4.69) is 10.6 Å². The van der Waals surface area contributed by atoms with Gasteiger partial charge >= 0.3 is 11.8 Å². The lowest BCUT2D eigenvalue weighted by atomic mass is 10.0. The molecular formula is C20H24N2O4. The van der Waals surface area contributed by atoms with E-state index >= 15 is 0 Å². The van der Waals surface area contributed by atoms with Gasteiger partial charge in [0.25, 0.3) is 0 Å². The lowest BCUT2D eigenvalue weighted by molar-refractivity contribution is -0.140. The molecule has 2 rings (SSSR count). The second-order valence-corrected chi connectivity index (χ2v) is 6.24. The zero-order valence-corrected chi connectivity index (χ0v) is 14.8. The Labute approximate surface area is 152 Å². The molecule has 2 aromatic carbocycles. The van der Waals surface area contributed by atoms with Crippen molar-refractivity contribution < 1.29 is 19.8 Å². The molecule has 4 N–H and O–H groups in total. The van der Waals surface area contributed by atoms with E-state index in [0.29, 0.717) is 11.1 Å². The molecule has 0 spiro atoms. The molecule has 0 heterocycles. The van der Waals surface area contributed by atoms with Crippen LogP contribution in [0.4, 0.5) is 0 Å². The first-order valence-electron chi connectivity index (χ1n) is 8.47. The lowest BCUT2D eigenvalue weighted by Gasteiger charge is -2.23. The molecule has 2 aromatic rings. The van der Waals surface area contributed by atoms with Crippen LogP contribution in [-0.4, -0.2) is 34.1 Å². The first kappa shape index (κ1) is 19.6. The average Bonchev–Trinajstić information content (AvgIpc) is 2.67. The van der Waals surface area contributed by atoms with Gasteiger partial charge in [-0.2, -0.15) is 0 Å². The molecule has 4 atom stereocenters. The van der Waals surface area contributed by atoms with E-state index in [9.17, 15) is 19.8 Å². The molecule has 0 saturated heterocycles. The zero-order chi connectivity index (χ0) is 19.1. The Kier molecular flexibility index (Phi) is 6.89. The molecule has 0 bridgehead atoms. The van der Waals surface area contributed by atoms with Gasteiger partial charge in [-0.15, -0.1) is 0 Å². The van der Waals surface area contributed by atoms with Crippen LogP contribution in [0, 0.1) is 0 Å². The molecule has 0 radical (unpaired) electrons. The maximum Gasteiger partial charge on any atom is 0.309 e. The van der Waals surface area contributed by atoms with Crippen LogP contribution in [0.25, 0.3) is 0 Å². The molecule has 0 aromatic heterocycles. The summed E-state index contributed by atoms with van der Waals surface area (Å²) in [6, 6.07) is 16.5. The highest BCUT2D eigenvalue weighted by molar-refractivity contribution is 6.35. The van der Waals surface area contributed by atoms with Gasteiger partial charge in [-0.05, 0) is 25.0 Å². The quantitative estimate of drug-likeness (QED) is 0.589. The fraction of sp³-hybridized carbons (Fsp3) is 0.300. The van der Waals surface area contributed by atoms with Crippen LogP contribution in [0.2, 0.25) is 0 Å². The van der Waals surface area contributed by atoms with Gasteiger partial charge in [-0.3, -0.25) is 9.59 Å². The number of benzene rings is 2. The van der Waals surface area contributed by atoms with Crippen molar-refractivity contribution in [3.05, 3.63) is 71.8 Å². The Balaban J connectivity index is 1.89. The maximum absolute atomic E-state index is 12.1. The molecule has 2 amide bonds. The third-order valence-corrected chi connectivity index (χ3v) is 4.15. The maximum atomic E-state index is 12.1. The van der Waals surface area contributed by atoms with Crippen LogP contribution in [0.15, 0.2) is 60.7 Å². The van der Waals surface area contributed by atoms with Gasteiger partial charge in [-0.25, -0.2) is 0 Å². The van der Waals surface area contributed by atoms with Crippen molar-refractivity contribution in [3.63, 3.8) is 0 Å². The summed E-state index contributed by atoms with van der Waals surface area (Å²) < 4.78 is 0. The second kappa shape index (κ2) is 9.12. The third kappa shape index (κ3) is 5.15. The van der Waals surface area contributed by atoms with E-state index in [1.165, 1.54) is 0 Å². The van der Waals surface area contributed by atoms with E-state index < -0.39 is 36.1 Å². The Morgan fingerprint density at radius 3 is 1.31 bits per heavy atom. The van der Waals surface area contributed by atoms with Crippen LogP contribution in [0.3, 0.4) is 0 Å². The van der Waals surface area contributed by atoms with Gasteiger partial charge in [0.05, 0.1) is 24.3 Å². The van der Waals surface area contributed by atoms with E-state index in [1.807, 2.05) is 12.1 Å². The number of aliphatic hydroxyl groups is 2. The summed E-state index contributed by atoms with van der Waals surface area (Å²) in [5.41, 5.74) is 1.29. The molecule has 0 aliphatic rings. The summed E-state index contributed by atoms with van der Waals surface area (Å²) in [6.07, 6.45) is -1.86. The highest BCUT2D eigenvalue weighted by Gasteiger charge is 2.25. The first-order chi connectivity index (χ1) is 12.4. The van der Waals surface area contributed by atoms with E-state index in [4.69, 9.17) is 0 Å². The van der Waals surface area contributed by atoms with E-state index in [1.54, 1.807) is 62.4 Å². The smallest absolute Gasteiger partial charge is 0.309 e. The normalized spacial score (nSPS) is 15.4. The number of nitrogens with one attached hydrogen (secondary N) is 2. The number of carbonyl (C=O) groups excluding carboxylic acids is 2. The number of aliphatic hydroxyl groups excluding tert-OH is 2. The lowest BCUT2D eigenvalue weighted by Crippen LogP contribution is -2.48. The molecule has 0 fully saturated rings. The van der Waals surface area contributed by atoms with Crippen molar-refractivity contribution in [3.8, 4) is 0 Å². The first-order valence-corrected chi connectivity index (χ1v) is 8.47. The molecule has 138 valence electrons. The number of rotatable bonds is 6. The number of hydrogen-bond acceptors (Lipinski definition) is 4. The second-order valence-electron chi connectivity index (χ2n) is 6.24. The average molecular weight is 356 g/mol. The van der Waals surface area contributed by atoms with Crippen LogP contribution in [-0.2, 0) is 9.59 Å². The fourth-order valence-corrected chi connectivity index (χ4v) is 2.58. The van der Waals surface area contributed by atoms with Crippen molar-refractivity contribution >= 4 is 11.8 Å². The minimum Gasteiger partial charge on any atom is -0.386 e. The van der Waals surface area contributed by atoms with Gasteiger partial charge in [0.2, 0.25) is 0 Å². The minimum absolute atomic E-state index is 0.647. The van der Waals surface area contributed by atoms with E-state index in [0.717, 1.165) is 0 Å². The Hall–Kier alpha value is -2.70. The highest BCUT2D eigenvalue weighted by Crippen LogP contribution is 2.17. The van der Waals surface area contributed by atoms with Gasteiger partial charge in [-0.1, -0.05) is 60.7 Å². The summed E-state index contributed by atoms with van der Waals surface area (Å²) in [4.78, 5) is 24.1. The predicted molar refractivity (Wildman–Crippen MR) is 98.0 cm³/mol. The third-order valence-electron chi connectivity index (χ3n) is 4.15. The molecular weight excluding hydrogens is 332 g/mol. The zero-order valence-electron chi connectivity index (χ0n) is 14.8. The molecule has 0 aliphatic carbocycles. The van der Waals surface area contributed by atoms with Gasteiger partial charge < -0.3 is 20.8 Å². The summed E-state index contributed by atoms with van der Waals surface area (Å²) >= 11 is 0. The molecule has 6 heteroatoms. The summed E-state index contributed by atoms with van der Waals surface area (Å²) in [5.74, 6) is -1.72. The molecule has 6 nitrogen and oxygen atoms in total. The number of amides is 2. The van der Waals surface area contributed by atoms with Crippen molar-refractivity contribution in [2.24, 2.45) is 0 Å². The van der Waals surface area contributed by atoms with Gasteiger partial charge in [0.15, 0.2) is 0 Å². The van der Waals surface area contributed by atoms with Crippen LogP contribution in [0.5, 0.6) is 0 Å². The standard InChI is InChI=1S/C20H24N2O4/c1-13(17(23)15-9-5-3-6-10-15)21-19(25)20(26)22-14(2)18(24)16-11-7-4-8-12-16/h3-14,17-18,23-24H,1-2H3,(H,21,25)(H,22,26)/t13-,14-,17-,18-/m0/s1. The Bertz CT molecular complexity index is 658. The summed E-state index contributed by atoms with van der Waals surface area (Å²) in [5, 5.41) is 25.5. The predicted octanol–water partition coefficient (Wildman–Crippen LogP) is 1.46. The van der Waals surface area contributed by atoms with Crippen molar-refractivity contribution in [2.75, 3.05) is 0 Å². The summed E-state index contributed by atoms with van der Waals surface area (Å²) in [7, 11) is 0. The Morgan fingerprint density at radius 2 is 1.00 bits per heavy atom. The number of carbonyl (C=O) groups is 2. The number of hydrogen-bond donors (Lipinski definition) is 4. The van der Waals surface area contributed by atoms with Crippen LogP contribution >= 0.6 is 0 Å². The van der Waals surface area contributed by atoms with Gasteiger partial charge in [0.1, 0.15) is 0 Å². The van der Waals surface area contributed by atoms with E-state index in [-0.39, 0.29) is 0 Å². The molecule has 0 aliphatic heterocycles. The van der Waals surface area contributed by atoms with Crippen molar-refractivity contribution in [1.82, 2.24) is 10.6 Å². The Morgan fingerprint density at radius 1 is 0.692 bits per heavy atom.